The zero-order valence-corrected chi connectivity index (χ0v) is 13.5. The standard InChI is InChI=1S/C18H17N3O3/c1-23-15-8-6-13(7-9-15)11-14-12-16(18(22)24-2)20-21(14)17-5-3-4-10-19-17/h3-10,12H,11H2,1-2H3. The number of hydrogen-bond donors (Lipinski definition) is 0. The normalized spacial score (nSPS) is 10.4. The van der Waals surface area contributed by atoms with E-state index in [1.165, 1.54) is 7.11 Å². The quantitative estimate of drug-likeness (QED) is 0.675. The van der Waals surface area contributed by atoms with Crippen LogP contribution in [-0.2, 0) is 11.2 Å². The molecule has 0 saturated carbocycles. The topological polar surface area (TPSA) is 66.2 Å². The summed E-state index contributed by atoms with van der Waals surface area (Å²) < 4.78 is 11.6. The molecule has 3 aromatic rings. The van der Waals surface area contributed by atoms with Gasteiger partial charge in [-0.15, -0.1) is 0 Å². The van der Waals surface area contributed by atoms with E-state index in [-0.39, 0.29) is 5.69 Å². The molecule has 122 valence electrons. The first-order valence-electron chi connectivity index (χ1n) is 7.43. The highest BCUT2D eigenvalue weighted by molar-refractivity contribution is 5.87. The number of methoxy groups -OCH3 is 2. The zero-order chi connectivity index (χ0) is 16.9. The highest BCUT2D eigenvalue weighted by Gasteiger charge is 2.16. The Morgan fingerprint density at radius 1 is 1.12 bits per heavy atom. The van der Waals surface area contributed by atoms with Gasteiger partial charge in [0.25, 0.3) is 0 Å². The van der Waals surface area contributed by atoms with E-state index in [0.29, 0.717) is 12.2 Å². The van der Waals surface area contributed by atoms with Crippen LogP contribution in [0, 0.1) is 0 Å². The van der Waals surface area contributed by atoms with Crippen molar-refractivity contribution in [2.24, 2.45) is 0 Å². The van der Waals surface area contributed by atoms with Crippen LogP contribution >= 0.6 is 0 Å². The van der Waals surface area contributed by atoms with E-state index in [1.807, 2.05) is 42.5 Å². The Kier molecular flexibility index (Phi) is 4.56. The van der Waals surface area contributed by atoms with Crippen LogP contribution in [0.4, 0.5) is 0 Å². The number of nitrogens with zero attached hydrogens (tertiary/aromatic N) is 3. The molecule has 6 nitrogen and oxygen atoms in total. The lowest BCUT2D eigenvalue weighted by atomic mass is 10.1. The number of esters is 1. The maximum absolute atomic E-state index is 11.8. The Balaban J connectivity index is 1.98. The van der Waals surface area contributed by atoms with Crippen LogP contribution in [-0.4, -0.2) is 35.0 Å². The van der Waals surface area contributed by atoms with Gasteiger partial charge < -0.3 is 9.47 Å². The van der Waals surface area contributed by atoms with E-state index < -0.39 is 5.97 Å². The molecule has 0 radical (unpaired) electrons. The molecule has 0 amide bonds. The molecule has 1 aromatic carbocycles. The Hall–Kier alpha value is -3.15. The largest absolute Gasteiger partial charge is 0.497 e. The number of pyridine rings is 1. The summed E-state index contributed by atoms with van der Waals surface area (Å²) in [6.45, 7) is 0. The Morgan fingerprint density at radius 2 is 1.92 bits per heavy atom. The minimum atomic E-state index is -0.472. The predicted molar refractivity (Wildman–Crippen MR) is 88.5 cm³/mol. The number of hydrogen-bond acceptors (Lipinski definition) is 5. The molecule has 2 aromatic heterocycles. The fraction of sp³-hybridized carbons (Fsp3) is 0.167. The third-order valence-corrected chi connectivity index (χ3v) is 3.59. The average molecular weight is 323 g/mol. The van der Waals surface area contributed by atoms with Crippen LogP contribution in [0.1, 0.15) is 21.7 Å². The Labute approximate surface area is 139 Å². The fourth-order valence-corrected chi connectivity index (χ4v) is 2.38. The second kappa shape index (κ2) is 6.95. The summed E-state index contributed by atoms with van der Waals surface area (Å²) in [4.78, 5) is 16.1. The van der Waals surface area contributed by atoms with Crippen molar-refractivity contribution in [3.63, 3.8) is 0 Å². The molecular formula is C18H17N3O3. The van der Waals surface area contributed by atoms with Crippen LogP contribution in [0.5, 0.6) is 5.75 Å². The molecule has 0 N–H and O–H groups in total. The Morgan fingerprint density at radius 3 is 2.54 bits per heavy atom. The first-order chi connectivity index (χ1) is 11.7. The van der Waals surface area contributed by atoms with Crippen molar-refractivity contribution in [1.82, 2.24) is 14.8 Å². The first kappa shape index (κ1) is 15.7. The fourth-order valence-electron chi connectivity index (χ4n) is 2.38. The zero-order valence-electron chi connectivity index (χ0n) is 13.5. The minimum absolute atomic E-state index is 0.256. The van der Waals surface area contributed by atoms with Crippen LogP contribution < -0.4 is 4.74 Å². The average Bonchev–Trinajstić information content (AvgIpc) is 3.06. The van der Waals surface area contributed by atoms with Crippen molar-refractivity contribution in [2.75, 3.05) is 14.2 Å². The monoisotopic (exact) mass is 323 g/mol. The third kappa shape index (κ3) is 3.27. The van der Waals surface area contributed by atoms with Crippen LogP contribution in [0.2, 0.25) is 0 Å². The molecule has 6 heteroatoms. The lowest BCUT2D eigenvalue weighted by Crippen LogP contribution is -2.06. The van der Waals surface area contributed by atoms with Gasteiger partial charge in [-0.3, -0.25) is 0 Å². The lowest BCUT2D eigenvalue weighted by Gasteiger charge is -2.07. The van der Waals surface area contributed by atoms with Crippen molar-refractivity contribution in [3.05, 3.63) is 71.7 Å². The van der Waals surface area contributed by atoms with Gasteiger partial charge in [0.15, 0.2) is 11.5 Å². The van der Waals surface area contributed by atoms with Gasteiger partial charge >= 0.3 is 5.97 Å². The van der Waals surface area contributed by atoms with Gasteiger partial charge in [-0.25, -0.2) is 14.5 Å². The lowest BCUT2D eigenvalue weighted by molar-refractivity contribution is 0.0593. The molecule has 0 unspecified atom stereocenters. The molecule has 0 aliphatic rings. The van der Waals surface area contributed by atoms with Crippen molar-refractivity contribution in [2.45, 2.75) is 6.42 Å². The van der Waals surface area contributed by atoms with E-state index >= 15 is 0 Å². The predicted octanol–water partition coefficient (Wildman–Crippen LogP) is 2.65. The number of rotatable bonds is 5. The van der Waals surface area contributed by atoms with Gasteiger partial charge in [-0.05, 0) is 35.9 Å². The molecular weight excluding hydrogens is 306 g/mol. The molecule has 0 fully saturated rings. The van der Waals surface area contributed by atoms with Gasteiger partial charge in [0.05, 0.1) is 19.9 Å². The van der Waals surface area contributed by atoms with E-state index in [4.69, 9.17) is 9.47 Å². The van der Waals surface area contributed by atoms with Crippen LogP contribution in [0.25, 0.3) is 5.82 Å². The summed E-state index contributed by atoms with van der Waals surface area (Å²) in [5.74, 6) is 0.976. The van der Waals surface area contributed by atoms with Crippen LogP contribution in [0.3, 0.4) is 0 Å². The number of aromatic nitrogens is 3. The summed E-state index contributed by atoms with van der Waals surface area (Å²) in [6.07, 6.45) is 2.29. The molecule has 0 spiro atoms. The number of benzene rings is 1. The Bertz CT molecular complexity index is 826. The number of carbonyl (C=O) groups is 1. The summed E-state index contributed by atoms with van der Waals surface area (Å²) >= 11 is 0. The second-order valence-electron chi connectivity index (χ2n) is 5.14. The summed E-state index contributed by atoms with van der Waals surface area (Å²) in [5, 5.41) is 4.34. The van der Waals surface area contributed by atoms with Crippen LogP contribution in [0.15, 0.2) is 54.7 Å². The van der Waals surface area contributed by atoms with Crippen molar-refractivity contribution >= 4 is 5.97 Å². The number of carbonyl (C=O) groups excluding carboxylic acids is 1. The van der Waals surface area contributed by atoms with Gasteiger partial charge in [0.2, 0.25) is 0 Å². The molecule has 0 bridgehead atoms. The van der Waals surface area contributed by atoms with E-state index in [2.05, 4.69) is 10.1 Å². The summed E-state index contributed by atoms with van der Waals surface area (Å²) in [7, 11) is 2.97. The molecule has 0 atom stereocenters. The summed E-state index contributed by atoms with van der Waals surface area (Å²) in [6, 6.07) is 15.0. The second-order valence-corrected chi connectivity index (χ2v) is 5.14. The molecule has 3 rings (SSSR count). The maximum atomic E-state index is 11.8. The maximum Gasteiger partial charge on any atom is 0.358 e. The molecule has 0 saturated heterocycles. The highest BCUT2D eigenvalue weighted by atomic mass is 16.5. The molecule has 0 aliphatic carbocycles. The van der Waals surface area contributed by atoms with Gasteiger partial charge in [0, 0.05) is 12.6 Å². The van der Waals surface area contributed by atoms with Gasteiger partial charge in [0.1, 0.15) is 5.75 Å². The third-order valence-electron chi connectivity index (χ3n) is 3.59. The van der Waals surface area contributed by atoms with Crippen molar-refractivity contribution < 1.29 is 14.3 Å². The molecule has 2 heterocycles. The minimum Gasteiger partial charge on any atom is -0.497 e. The van der Waals surface area contributed by atoms with Gasteiger partial charge in [-0.2, -0.15) is 5.10 Å². The molecule has 24 heavy (non-hydrogen) atoms. The van der Waals surface area contributed by atoms with Gasteiger partial charge in [-0.1, -0.05) is 18.2 Å². The molecule has 0 aliphatic heterocycles. The van der Waals surface area contributed by atoms with Crippen molar-refractivity contribution in [1.29, 1.82) is 0 Å². The summed E-state index contributed by atoms with van der Waals surface area (Å²) in [5.41, 5.74) is 2.18. The van der Waals surface area contributed by atoms with E-state index in [9.17, 15) is 4.79 Å². The van der Waals surface area contributed by atoms with E-state index in [0.717, 1.165) is 17.0 Å². The first-order valence-corrected chi connectivity index (χ1v) is 7.43. The SMILES string of the molecule is COC(=O)c1cc(Cc2ccc(OC)cc2)n(-c2ccccn2)n1. The van der Waals surface area contributed by atoms with E-state index in [1.54, 1.807) is 24.1 Å². The smallest absolute Gasteiger partial charge is 0.358 e. The van der Waals surface area contributed by atoms with Crippen molar-refractivity contribution in [3.8, 4) is 11.6 Å². The number of ether oxygens (including phenoxy) is 2. The highest BCUT2D eigenvalue weighted by Crippen LogP contribution is 2.18.